The molecule has 0 aliphatic heterocycles. The maximum atomic E-state index is 12.5. The second kappa shape index (κ2) is 7.47. The molecular weight excluding hydrogens is 338 g/mol. The predicted octanol–water partition coefficient (Wildman–Crippen LogP) is 4.47. The zero-order valence-electron chi connectivity index (χ0n) is 15.8. The lowest BCUT2D eigenvalue weighted by Crippen LogP contribution is -2.14. The standard InChI is InChI=1S/C21H25N5O/c1-14(2)8-11-17(15-9-10-15)26-13-24-18-19(22-12-23-20(18)26)25-21(27)16-6-4-3-5-7-16/h3-7,12-15,17H,8-11H2,1-2H3,(H,22,23,25,27)/t17-/m0/s1. The highest BCUT2D eigenvalue weighted by Crippen LogP contribution is 2.43. The highest BCUT2D eigenvalue weighted by Gasteiger charge is 2.33. The Kier molecular flexibility index (Phi) is 4.88. The van der Waals surface area contributed by atoms with Crippen LogP contribution in [-0.2, 0) is 0 Å². The maximum absolute atomic E-state index is 12.5. The number of aromatic nitrogens is 4. The number of fused-ring (bicyclic) bond motifs is 1. The summed E-state index contributed by atoms with van der Waals surface area (Å²) in [6, 6.07) is 9.55. The maximum Gasteiger partial charge on any atom is 0.256 e. The van der Waals surface area contributed by atoms with Crippen LogP contribution in [-0.4, -0.2) is 25.4 Å². The fourth-order valence-corrected chi connectivity index (χ4v) is 3.54. The number of carbonyl (C=O) groups excluding carboxylic acids is 1. The number of amides is 1. The van der Waals surface area contributed by atoms with Crippen molar-refractivity contribution in [2.75, 3.05) is 5.32 Å². The molecule has 3 aromatic rings. The molecular formula is C21H25N5O. The van der Waals surface area contributed by atoms with Gasteiger partial charge in [-0.1, -0.05) is 32.0 Å². The Bertz CT molecular complexity index is 930. The van der Waals surface area contributed by atoms with E-state index in [4.69, 9.17) is 0 Å². The lowest BCUT2D eigenvalue weighted by Gasteiger charge is -2.19. The van der Waals surface area contributed by atoms with Crippen LogP contribution in [0.2, 0.25) is 0 Å². The summed E-state index contributed by atoms with van der Waals surface area (Å²) < 4.78 is 2.19. The number of anilines is 1. The van der Waals surface area contributed by atoms with Crippen LogP contribution in [0.25, 0.3) is 11.2 Å². The van der Waals surface area contributed by atoms with Crippen LogP contribution in [0.5, 0.6) is 0 Å². The molecule has 1 fully saturated rings. The first kappa shape index (κ1) is 17.6. The third-order valence-electron chi connectivity index (χ3n) is 5.19. The van der Waals surface area contributed by atoms with Gasteiger partial charge in [-0.2, -0.15) is 0 Å². The Morgan fingerprint density at radius 2 is 1.93 bits per heavy atom. The summed E-state index contributed by atoms with van der Waals surface area (Å²) in [6.45, 7) is 4.52. The fraction of sp³-hybridized carbons (Fsp3) is 0.429. The zero-order chi connectivity index (χ0) is 18.8. The van der Waals surface area contributed by atoms with Crippen LogP contribution in [0.4, 0.5) is 5.82 Å². The Labute approximate surface area is 159 Å². The van der Waals surface area contributed by atoms with Crippen LogP contribution in [0, 0.1) is 11.8 Å². The molecule has 140 valence electrons. The van der Waals surface area contributed by atoms with E-state index in [1.165, 1.54) is 25.6 Å². The van der Waals surface area contributed by atoms with Crippen molar-refractivity contribution in [2.24, 2.45) is 11.8 Å². The number of nitrogens with one attached hydrogen (secondary N) is 1. The van der Waals surface area contributed by atoms with E-state index < -0.39 is 0 Å². The second-order valence-electron chi connectivity index (χ2n) is 7.74. The van der Waals surface area contributed by atoms with Crippen LogP contribution in [0.15, 0.2) is 43.0 Å². The average Bonchev–Trinajstić information content (AvgIpc) is 3.42. The van der Waals surface area contributed by atoms with Crippen LogP contribution in [0.3, 0.4) is 0 Å². The van der Waals surface area contributed by atoms with E-state index in [-0.39, 0.29) is 5.91 Å². The Morgan fingerprint density at radius 1 is 1.15 bits per heavy atom. The number of hydrogen-bond donors (Lipinski definition) is 1. The molecule has 1 atom stereocenters. The Balaban J connectivity index is 1.62. The van der Waals surface area contributed by atoms with E-state index in [2.05, 4.69) is 38.7 Å². The molecule has 1 aliphatic carbocycles. The molecule has 1 aromatic carbocycles. The molecule has 6 heteroatoms. The second-order valence-corrected chi connectivity index (χ2v) is 7.74. The predicted molar refractivity (Wildman–Crippen MR) is 106 cm³/mol. The zero-order valence-corrected chi connectivity index (χ0v) is 15.8. The third-order valence-corrected chi connectivity index (χ3v) is 5.19. The summed E-state index contributed by atoms with van der Waals surface area (Å²) in [5, 5.41) is 2.88. The van der Waals surface area contributed by atoms with E-state index in [0.29, 0.717) is 34.8 Å². The molecule has 2 heterocycles. The molecule has 27 heavy (non-hydrogen) atoms. The lowest BCUT2D eigenvalue weighted by molar-refractivity contribution is 0.102. The van der Waals surface area contributed by atoms with Gasteiger partial charge in [0, 0.05) is 11.6 Å². The van der Waals surface area contributed by atoms with E-state index in [9.17, 15) is 4.79 Å². The molecule has 0 spiro atoms. The molecule has 0 bridgehead atoms. The molecule has 0 saturated heterocycles. The minimum atomic E-state index is -0.191. The topological polar surface area (TPSA) is 72.7 Å². The number of nitrogens with zero attached hydrogens (tertiary/aromatic N) is 4. The van der Waals surface area contributed by atoms with Crippen molar-refractivity contribution in [1.82, 2.24) is 19.5 Å². The summed E-state index contributed by atoms with van der Waals surface area (Å²) >= 11 is 0. The van der Waals surface area contributed by atoms with E-state index in [1.807, 2.05) is 24.5 Å². The third kappa shape index (κ3) is 3.84. The van der Waals surface area contributed by atoms with Crippen molar-refractivity contribution in [2.45, 2.75) is 45.6 Å². The highest BCUT2D eigenvalue weighted by atomic mass is 16.1. The largest absolute Gasteiger partial charge is 0.312 e. The molecule has 0 radical (unpaired) electrons. The summed E-state index contributed by atoms with van der Waals surface area (Å²) in [5.41, 5.74) is 2.04. The molecule has 1 saturated carbocycles. The van der Waals surface area contributed by atoms with Crippen molar-refractivity contribution < 1.29 is 4.79 Å². The first-order valence-corrected chi connectivity index (χ1v) is 9.67. The van der Waals surface area contributed by atoms with Gasteiger partial charge in [-0.25, -0.2) is 15.0 Å². The molecule has 1 aliphatic rings. The van der Waals surface area contributed by atoms with Gasteiger partial charge >= 0.3 is 0 Å². The first-order valence-electron chi connectivity index (χ1n) is 9.67. The molecule has 6 nitrogen and oxygen atoms in total. The monoisotopic (exact) mass is 363 g/mol. The van der Waals surface area contributed by atoms with Crippen LogP contribution in [0.1, 0.15) is 55.9 Å². The summed E-state index contributed by atoms with van der Waals surface area (Å²) in [4.78, 5) is 25.8. The van der Waals surface area contributed by atoms with Crippen molar-refractivity contribution in [3.05, 3.63) is 48.5 Å². The van der Waals surface area contributed by atoms with Crippen LogP contribution < -0.4 is 5.32 Å². The average molecular weight is 363 g/mol. The highest BCUT2D eigenvalue weighted by molar-refractivity contribution is 6.06. The quantitative estimate of drug-likeness (QED) is 0.672. The van der Waals surface area contributed by atoms with Crippen molar-refractivity contribution in [1.29, 1.82) is 0 Å². The first-order chi connectivity index (χ1) is 13.1. The van der Waals surface area contributed by atoms with Crippen molar-refractivity contribution in [3.63, 3.8) is 0 Å². The summed E-state index contributed by atoms with van der Waals surface area (Å²) in [6.07, 6.45) is 8.22. The number of imidazole rings is 1. The smallest absolute Gasteiger partial charge is 0.256 e. The summed E-state index contributed by atoms with van der Waals surface area (Å²) in [5.74, 6) is 1.66. The molecule has 1 N–H and O–H groups in total. The summed E-state index contributed by atoms with van der Waals surface area (Å²) in [7, 11) is 0. The number of benzene rings is 1. The van der Waals surface area contributed by atoms with Gasteiger partial charge < -0.3 is 9.88 Å². The number of hydrogen-bond acceptors (Lipinski definition) is 4. The molecule has 2 aromatic heterocycles. The molecule has 1 amide bonds. The van der Waals surface area contributed by atoms with Crippen molar-refractivity contribution in [3.8, 4) is 0 Å². The van der Waals surface area contributed by atoms with Crippen LogP contribution >= 0.6 is 0 Å². The van der Waals surface area contributed by atoms with E-state index in [0.717, 1.165) is 12.1 Å². The molecule has 0 unspecified atom stereocenters. The molecule has 4 rings (SSSR count). The van der Waals surface area contributed by atoms with Gasteiger partial charge in [0.1, 0.15) is 6.33 Å². The van der Waals surface area contributed by atoms with Gasteiger partial charge in [0.15, 0.2) is 17.0 Å². The van der Waals surface area contributed by atoms with E-state index >= 15 is 0 Å². The minimum absolute atomic E-state index is 0.191. The number of rotatable bonds is 7. The fourth-order valence-electron chi connectivity index (χ4n) is 3.54. The van der Waals surface area contributed by atoms with Gasteiger partial charge in [0.2, 0.25) is 0 Å². The van der Waals surface area contributed by atoms with Gasteiger partial charge in [0.25, 0.3) is 5.91 Å². The lowest BCUT2D eigenvalue weighted by atomic mass is 10.00. The van der Waals surface area contributed by atoms with E-state index in [1.54, 1.807) is 12.1 Å². The number of carbonyl (C=O) groups is 1. The minimum Gasteiger partial charge on any atom is -0.312 e. The van der Waals surface area contributed by atoms with Gasteiger partial charge in [-0.3, -0.25) is 4.79 Å². The normalized spacial score (nSPS) is 15.2. The Morgan fingerprint density at radius 3 is 2.63 bits per heavy atom. The van der Waals surface area contributed by atoms with Gasteiger partial charge in [-0.15, -0.1) is 0 Å². The van der Waals surface area contributed by atoms with Gasteiger partial charge in [-0.05, 0) is 49.7 Å². The van der Waals surface area contributed by atoms with Crippen molar-refractivity contribution >= 4 is 22.9 Å². The van der Waals surface area contributed by atoms with Gasteiger partial charge in [0.05, 0.1) is 6.33 Å². The SMILES string of the molecule is CC(C)CC[C@@H](C1CC1)n1cnc2c(NC(=O)c3ccccc3)ncnc21. The Hall–Kier alpha value is -2.76.